The Morgan fingerprint density at radius 2 is 1.75 bits per heavy atom. The van der Waals surface area contributed by atoms with Gasteiger partial charge in [-0.05, 0) is 45.4 Å². The van der Waals surface area contributed by atoms with Crippen molar-refractivity contribution in [2.24, 2.45) is 28.1 Å². The summed E-state index contributed by atoms with van der Waals surface area (Å²) in [7, 11) is 1.26. The third-order valence-corrected chi connectivity index (χ3v) is 4.24. The molecule has 0 heterocycles. The molecule has 2 atom stereocenters. The number of guanidine groups is 1. The van der Waals surface area contributed by atoms with Gasteiger partial charge in [0.05, 0.1) is 19.7 Å². The highest BCUT2D eigenvalue weighted by Crippen LogP contribution is 2.07. The van der Waals surface area contributed by atoms with Gasteiger partial charge >= 0.3 is 5.97 Å². The normalized spacial score (nSPS) is 11.4. The fourth-order valence-electron chi connectivity index (χ4n) is 2.75. The smallest absolute Gasteiger partial charge is 0.325 e. The fourth-order valence-corrected chi connectivity index (χ4v) is 2.75. The van der Waals surface area contributed by atoms with Gasteiger partial charge < -0.3 is 42.6 Å². The van der Waals surface area contributed by atoms with Crippen LogP contribution in [0.25, 0.3) is 0 Å². The summed E-state index contributed by atoms with van der Waals surface area (Å²) in [6, 6.07) is -0.569. The zero-order valence-corrected chi connectivity index (χ0v) is 22.8. The molecule has 13 nitrogen and oxygen atoms in total. The van der Waals surface area contributed by atoms with Crippen LogP contribution in [0.3, 0.4) is 0 Å². The van der Waals surface area contributed by atoms with Crippen molar-refractivity contribution in [1.29, 1.82) is 0 Å². The van der Waals surface area contributed by atoms with Crippen LogP contribution >= 0.6 is 0 Å². The van der Waals surface area contributed by atoms with Gasteiger partial charge in [-0.3, -0.25) is 24.2 Å². The van der Waals surface area contributed by atoms with Crippen molar-refractivity contribution in [3.05, 3.63) is 0 Å². The molecule has 0 aromatic carbocycles. The van der Waals surface area contributed by atoms with E-state index >= 15 is 0 Å². The van der Waals surface area contributed by atoms with E-state index in [1.807, 2.05) is 27.7 Å². The van der Waals surface area contributed by atoms with Gasteiger partial charge in [0.15, 0.2) is 5.96 Å². The number of amides is 3. The average molecular weight is 520 g/mol. The van der Waals surface area contributed by atoms with Crippen LogP contribution in [0, 0.1) is 5.92 Å². The van der Waals surface area contributed by atoms with Gasteiger partial charge in [-0.15, -0.1) is 0 Å². The molecule has 0 spiro atoms. The largest absolute Gasteiger partial charge is 0.468 e. The van der Waals surface area contributed by atoms with Gasteiger partial charge in [-0.2, -0.15) is 0 Å². The minimum atomic E-state index is -0.559. The molecule has 3 amide bonds. The second kappa shape index (κ2) is 25.2. The molecule has 0 aliphatic carbocycles. The number of aliphatic hydroxyl groups excluding tert-OH is 1. The predicted octanol–water partition coefficient (Wildman–Crippen LogP) is -0.939. The molecule has 0 aliphatic rings. The highest BCUT2D eigenvalue weighted by Gasteiger charge is 2.23. The number of hydrogen-bond acceptors (Lipinski definition) is 8. The number of carbonyl (C=O) groups is 4. The number of ether oxygens (including phenoxy) is 1. The number of nitrogens with two attached hydrogens (primary N) is 3. The third-order valence-electron chi connectivity index (χ3n) is 4.24. The Labute approximate surface area is 215 Å². The van der Waals surface area contributed by atoms with Gasteiger partial charge in [0.25, 0.3) is 0 Å². The first-order valence-electron chi connectivity index (χ1n) is 12.1. The van der Waals surface area contributed by atoms with E-state index < -0.39 is 12.0 Å². The van der Waals surface area contributed by atoms with Crippen LogP contribution in [0.1, 0.15) is 60.3 Å². The van der Waals surface area contributed by atoms with Crippen molar-refractivity contribution in [2.75, 3.05) is 39.9 Å². The lowest BCUT2D eigenvalue weighted by atomic mass is 10.0. The number of carbonyl (C=O) groups excluding carboxylic acids is 4. The lowest BCUT2D eigenvalue weighted by Crippen LogP contribution is -2.49. The molecule has 0 saturated heterocycles. The number of aliphatic hydroxyl groups is 1. The fraction of sp³-hybridized carbons (Fsp3) is 0.783. The molecule has 0 aliphatic heterocycles. The molecular formula is C23H49N7O6. The van der Waals surface area contributed by atoms with Crippen molar-refractivity contribution in [1.82, 2.24) is 15.5 Å². The Morgan fingerprint density at radius 3 is 2.19 bits per heavy atom. The van der Waals surface area contributed by atoms with Crippen molar-refractivity contribution in [3.8, 4) is 0 Å². The van der Waals surface area contributed by atoms with Crippen molar-refractivity contribution in [2.45, 2.75) is 72.4 Å². The molecule has 0 aromatic rings. The van der Waals surface area contributed by atoms with E-state index in [-0.39, 0.29) is 43.5 Å². The number of hydrogen-bond donors (Lipinski definition) is 6. The lowest BCUT2D eigenvalue weighted by Gasteiger charge is -2.26. The van der Waals surface area contributed by atoms with Gasteiger partial charge in [0.1, 0.15) is 6.54 Å². The highest BCUT2D eigenvalue weighted by atomic mass is 16.5. The number of aliphatic imine (C=N–C) groups is 1. The molecule has 0 aromatic heterocycles. The highest BCUT2D eigenvalue weighted by molar-refractivity contribution is 5.87. The number of nitrogens with zero attached hydrogens (tertiary/aromatic N) is 2. The Hall–Kier alpha value is -2.93. The summed E-state index contributed by atoms with van der Waals surface area (Å²) in [5, 5.41) is 12.6. The van der Waals surface area contributed by atoms with E-state index in [1.165, 1.54) is 7.11 Å². The molecular weight excluding hydrogens is 470 g/mol. The topological polar surface area (TPSA) is 215 Å². The van der Waals surface area contributed by atoms with Gasteiger partial charge in [0.2, 0.25) is 18.2 Å². The second-order valence-corrected chi connectivity index (χ2v) is 8.30. The molecule has 13 heteroatoms. The molecule has 2 unspecified atom stereocenters. The Bertz CT molecular complexity index is 628. The molecule has 212 valence electrons. The lowest BCUT2D eigenvalue weighted by molar-refractivity contribution is -0.140. The van der Waals surface area contributed by atoms with E-state index in [2.05, 4.69) is 20.4 Å². The van der Waals surface area contributed by atoms with Crippen LogP contribution in [0.4, 0.5) is 0 Å². The van der Waals surface area contributed by atoms with Crippen molar-refractivity contribution in [3.63, 3.8) is 0 Å². The van der Waals surface area contributed by atoms with Crippen LogP contribution in [-0.4, -0.2) is 92.1 Å². The minimum absolute atomic E-state index is 0.00962. The molecule has 36 heavy (non-hydrogen) atoms. The van der Waals surface area contributed by atoms with E-state index in [4.69, 9.17) is 22.3 Å². The monoisotopic (exact) mass is 519 g/mol. The molecule has 0 saturated carbocycles. The first-order chi connectivity index (χ1) is 16.9. The van der Waals surface area contributed by atoms with Crippen LogP contribution in [0.15, 0.2) is 4.99 Å². The van der Waals surface area contributed by atoms with Crippen molar-refractivity contribution < 1.29 is 29.0 Å². The first-order valence-corrected chi connectivity index (χ1v) is 12.1. The molecule has 0 radical (unpaired) electrons. The van der Waals surface area contributed by atoms with Crippen LogP contribution in [0.5, 0.6) is 0 Å². The average Bonchev–Trinajstić information content (AvgIpc) is 2.79. The quantitative estimate of drug-likeness (QED) is 0.0516. The predicted molar refractivity (Wildman–Crippen MR) is 141 cm³/mol. The number of esters is 1. The van der Waals surface area contributed by atoms with Gasteiger partial charge in [-0.1, -0.05) is 20.8 Å². The summed E-state index contributed by atoms with van der Waals surface area (Å²) in [6.45, 7) is 10.9. The van der Waals surface area contributed by atoms with Crippen LogP contribution in [0.2, 0.25) is 0 Å². The van der Waals surface area contributed by atoms with E-state index in [9.17, 15) is 19.2 Å². The minimum Gasteiger partial charge on any atom is -0.468 e. The summed E-state index contributed by atoms with van der Waals surface area (Å²) in [6.07, 6.45) is 3.37. The Morgan fingerprint density at radius 1 is 1.17 bits per heavy atom. The molecule has 0 fully saturated rings. The van der Waals surface area contributed by atoms with E-state index in [0.29, 0.717) is 31.8 Å². The summed E-state index contributed by atoms with van der Waals surface area (Å²) in [5.74, 6) is -0.374. The Balaban J connectivity index is -0.000000822. The zero-order valence-electron chi connectivity index (χ0n) is 22.8. The summed E-state index contributed by atoms with van der Waals surface area (Å²) < 4.78 is 4.19. The van der Waals surface area contributed by atoms with Crippen LogP contribution in [-0.2, 0) is 23.9 Å². The summed E-state index contributed by atoms with van der Waals surface area (Å²) >= 11 is 0. The second-order valence-electron chi connectivity index (χ2n) is 8.30. The maximum absolute atomic E-state index is 12.4. The Kier molecular flexibility index (Phi) is 26.3. The standard InChI is InChI=1S/C17H36N6O2.C4H7NO3.C2H6O/c1-5-9-23(16(25)14(18)10-12(2)3)11-15(24)22-13(4)7-6-8-21-17(19)20;1-8-4(7)2-5-3-6;1-2-3/h12-14H,5-11,18H2,1-4H3,(H,22,24)(H4,19,20,21);3H,2H2,1H3,(H,5,6);3H,2H2,1H3. The summed E-state index contributed by atoms with van der Waals surface area (Å²) in [4.78, 5) is 49.8. The number of methoxy groups -OCH3 is 1. The van der Waals surface area contributed by atoms with E-state index in [0.717, 1.165) is 19.3 Å². The van der Waals surface area contributed by atoms with Crippen molar-refractivity contribution >= 4 is 30.2 Å². The maximum Gasteiger partial charge on any atom is 0.325 e. The molecule has 0 bridgehead atoms. The number of nitrogens with one attached hydrogen (secondary N) is 2. The van der Waals surface area contributed by atoms with Gasteiger partial charge in [-0.25, -0.2) is 0 Å². The van der Waals surface area contributed by atoms with Crippen LogP contribution < -0.4 is 27.8 Å². The first kappa shape index (κ1) is 37.6. The van der Waals surface area contributed by atoms with E-state index in [1.54, 1.807) is 11.8 Å². The number of rotatable bonds is 15. The summed E-state index contributed by atoms with van der Waals surface area (Å²) in [5.41, 5.74) is 16.5. The molecule has 9 N–H and O–H groups in total. The third kappa shape index (κ3) is 25.7. The molecule has 0 rings (SSSR count). The SMILES string of the molecule is CCCN(CC(=O)NC(C)CCCN=C(N)N)C(=O)C(N)CC(C)C.CCO.COC(=O)CNC=O. The zero-order chi connectivity index (χ0) is 28.5. The van der Waals surface area contributed by atoms with Gasteiger partial charge in [0, 0.05) is 25.7 Å². The maximum atomic E-state index is 12.4.